The molecule has 0 saturated heterocycles. The van der Waals surface area contributed by atoms with Crippen LogP contribution in [0.2, 0.25) is 0 Å². The monoisotopic (exact) mass is 228 g/mol. The molecule has 6 heteroatoms. The van der Waals surface area contributed by atoms with Crippen LogP contribution in [-0.4, -0.2) is 35.4 Å². The first-order valence-corrected chi connectivity index (χ1v) is 5.08. The van der Waals surface area contributed by atoms with E-state index in [2.05, 4.69) is 10.5 Å². The molecular weight excluding hydrogens is 212 g/mol. The average molecular weight is 228 g/mol. The fraction of sp³-hybridized carbons (Fsp3) is 0.600. The number of hydrogen-bond acceptors (Lipinski definition) is 5. The van der Waals surface area contributed by atoms with E-state index in [9.17, 15) is 4.79 Å². The summed E-state index contributed by atoms with van der Waals surface area (Å²) in [5, 5.41) is 14.9. The van der Waals surface area contributed by atoms with E-state index in [0.29, 0.717) is 18.1 Å². The van der Waals surface area contributed by atoms with Gasteiger partial charge in [-0.15, -0.1) is 0 Å². The predicted molar refractivity (Wildman–Crippen MR) is 56.0 cm³/mol. The van der Waals surface area contributed by atoms with Gasteiger partial charge in [-0.05, 0) is 25.4 Å². The summed E-state index contributed by atoms with van der Waals surface area (Å²) in [5.74, 6) is 0.674. The Morgan fingerprint density at radius 2 is 2.50 bits per heavy atom. The van der Waals surface area contributed by atoms with E-state index in [-0.39, 0.29) is 25.2 Å². The van der Waals surface area contributed by atoms with E-state index in [4.69, 9.17) is 14.4 Å². The van der Waals surface area contributed by atoms with E-state index < -0.39 is 0 Å². The van der Waals surface area contributed by atoms with E-state index in [1.807, 2.05) is 6.92 Å². The normalized spacial score (nSPS) is 12.2. The minimum atomic E-state index is -0.249. The fourth-order valence-electron chi connectivity index (χ4n) is 1.13. The number of hydrogen-bond donors (Lipinski definition) is 2. The van der Waals surface area contributed by atoms with Crippen LogP contribution in [0.25, 0.3) is 0 Å². The molecule has 0 aliphatic carbocycles. The topological polar surface area (TPSA) is 84.6 Å². The molecule has 0 aromatic carbocycles. The Balaban J connectivity index is 2.25. The third-order valence-electron chi connectivity index (χ3n) is 1.93. The molecule has 2 N–H and O–H groups in total. The van der Waals surface area contributed by atoms with Crippen molar-refractivity contribution in [3.8, 4) is 5.88 Å². The zero-order chi connectivity index (χ0) is 12.0. The molecule has 0 spiro atoms. The molecule has 1 unspecified atom stereocenters. The molecule has 1 amide bonds. The van der Waals surface area contributed by atoms with Crippen LogP contribution in [0.1, 0.15) is 19.1 Å². The van der Waals surface area contributed by atoms with Crippen molar-refractivity contribution >= 4 is 5.91 Å². The second kappa shape index (κ2) is 6.12. The number of aryl methyl sites for hydroxylation is 1. The van der Waals surface area contributed by atoms with Crippen LogP contribution in [-0.2, 0) is 4.79 Å². The molecule has 1 atom stereocenters. The number of rotatable bonds is 6. The summed E-state index contributed by atoms with van der Waals surface area (Å²) in [6.07, 6.45) is 0.523. The lowest BCUT2D eigenvalue weighted by atomic mass is 10.2. The molecule has 1 heterocycles. The highest BCUT2D eigenvalue weighted by Crippen LogP contribution is 2.09. The van der Waals surface area contributed by atoms with Gasteiger partial charge in [0.05, 0.1) is 0 Å². The van der Waals surface area contributed by atoms with Crippen LogP contribution in [0.4, 0.5) is 0 Å². The first-order chi connectivity index (χ1) is 7.61. The Morgan fingerprint density at radius 1 is 1.75 bits per heavy atom. The zero-order valence-corrected chi connectivity index (χ0v) is 9.40. The number of aliphatic hydroxyl groups is 1. The molecule has 0 bridgehead atoms. The van der Waals surface area contributed by atoms with Crippen LogP contribution in [0, 0.1) is 6.92 Å². The van der Waals surface area contributed by atoms with Gasteiger partial charge in [-0.3, -0.25) is 4.79 Å². The van der Waals surface area contributed by atoms with Gasteiger partial charge in [0.1, 0.15) is 5.76 Å². The molecule has 1 aromatic rings. The van der Waals surface area contributed by atoms with Crippen molar-refractivity contribution < 1.29 is 19.2 Å². The Hall–Kier alpha value is -1.56. The maximum Gasteiger partial charge on any atom is 0.258 e. The Bertz CT molecular complexity index is 337. The Kier molecular flexibility index (Phi) is 4.78. The van der Waals surface area contributed by atoms with Gasteiger partial charge < -0.3 is 19.7 Å². The number of nitrogens with zero attached hydrogens (tertiary/aromatic N) is 1. The SMILES string of the molecule is Cc1cc(OCC(=O)NC(C)CCO)no1. The van der Waals surface area contributed by atoms with E-state index in [1.165, 1.54) is 0 Å². The molecule has 1 aromatic heterocycles. The summed E-state index contributed by atoms with van der Waals surface area (Å²) < 4.78 is 9.86. The quantitative estimate of drug-likeness (QED) is 0.729. The van der Waals surface area contributed by atoms with Gasteiger partial charge in [-0.2, -0.15) is 0 Å². The molecule has 0 fully saturated rings. The van der Waals surface area contributed by atoms with Gasteiger partial charge in [-0.25, -0.2) is 0 Å². The minimum absolute atomic E-state index is 0.0464. The largest absolute Gasteiger partial charge is 0.465 e. The highest BCUT2D eigenvalue weighted by atomic mass is 16.5. The first-order valence-electron chi connectivity index (χ1n) is 5.08. The van der Waals surface area contributed by atoms with Crippen molar-refractivity contribution in [3.05, 3.63) is 11.8 Å². The number of carbonyl (C=O) groups is 1. The van der Waals surface area contributed by atoms with Crippen LogP contribution in [0.15, 0.2) is 10.6 Å². The van der Waals surface area contributed by atoms with Gasteiger partial charge in [0.2, 0.25) is 0 Å². The van der Waals surface area contributed by atoms with Crippen molar-refractivity contribution in [2.24, 2.45) is 0 Å². The molecule has 16 heavy (non-hydrogen) atoms. The fourth-order valence-corrected chi connectivity index (χ4v) is 1.13. The summed E-state index contributed by atoms with van der Waals surface area (Å²) in [6, 6.07) is 1.53. The van der Waals surface area contributed by atoms with Gasteiger partial charge in [0.25, 0.3) is 11.8 Å². The molecular formula is C10H16N2O4. The van der Waals surface area contributed by atoms with E-state index in [1.54, 1.807) is 13.0 Å². The summed E-state index contributed by atoms with van der Waals surface area (Å²) >= 11 is 0. The molecule has 0 aliphatic rings. The van der Waals surface area contributed by atoms with E-state index in [0.717, 1.165) is 0 Å². The van der Waals surface area contributed by atoms with Crippen LogP contribution in [0.5, 0.6) is 5.88 Å². The number of aliphatic hydroxyl groups excluding tert-OH is 1. The van der Waals surface area contributed by atoms with Gasteiger partial charge >= 0.3 is 0 Å². The number of ether oxygens (including phenoxy) is 1. The van der Waals surface area contributed by atoms with Gasteiger partial charge in [0.15, 0.2) is 6.61 Å². The average Bonchev–Trinajstić information content (AvgIpc) is 2.61. The highest BCUT2D eigenvalue weighted by Gasteiger charge is 2.08. The maximum absolute atomic E-state index is 11.3. The summed E-state index contributed by atoms with van der Waals surface area (Å²) in [7, 11) is 0. The standard InChI is InChI=1S/C10H16N2O4/c1-7(3-4-13)11-9(14)6-15-10-5-8(2)16-12-10/h5,7,13H,3-4,6H2,1-2H3,(H,11,14). The second-order valence-electron chi connectivity index (χ2n) is 3.55. The van der Waals surface area contributed by atoms with Crippen molar-refractivity contribution in [2.45, 2.75) is 26.3 Å². The van der Waals surface area contributed by atoms with Crippen LogP contribution >= 0.6 is 0 Å². The Morgan fingerprint density at radius 3 is 3.06 bits per heavy atom. The van der Waals surface area contributed by atoms with Gasteiger partial charge in [-0.1, -0.05) is 0 Å². The maximum atomic E-state index is 11.3. The number of nitrogens with one attached hydrogen (secondary N) is 1. The molecule has 90 valence electrons. The molecule has 0 saturated carbocycles. The lowest BCUT2D eigenvalue weighted by Gasteiger charge is -2.11. The second-order valence-corrected chi connectivity index (χ2v) is 3.55. The highest BCUT2D eigenvalue weighted by molar-refractivity contribution is 5.77. The lowest BCUT2D eigenvalue weighted by molar-refractivity contribution is -0.123. The van der Waals surface area contributed by atoms with Crippen LogP contribution in [0.3, 0.4) is 0 Å². The molecule has 0 radical (unpaired) electrons. The summed E-state index contributed by atoms with van der Waals surface area (Å²) in [4.78, 5) is 11.3. The Labute approximate surface area is 93.6 Å². The van der Waals surface area contributed by atoms with Crippen molar-refractivity contribution in [2.75, 3.05) is 13.2 Å². The first kappa shape index (κ1) is 12.5. The van der Waals surface area contributed by atoms with Crippen molar-refractivity contribution in [1.82, 2.24) is 10.5 Å². The predicted octanol–water partition coefficient (Wildman–Crippen LogP) is 0.249. The smallest absolute Gasteiger partial charge is 0.258 e. The third kappa shape index (κ3) is 4.31. The molecule has 1 rings (SSSR count). The lowest BCUT2D eigenvalue weighted by Crippen LogP contribution is -2.36. The minimum Gasteiger partial charge on any atom is -0.465 e. The number of amides is 1. The zero-order valence-electron chi connectivity index (χ0n) is 9.40. The summed E-state index contributed by atoms with van der Waals surface area (Å²) in [6.45, 7) is 3.49. The van der Waals surface area contributed by atoms with E-state index >= 15 is 0 Å². The molecule has 0 aliphatic heterocycles. The third-order valence-corrected chi connectivity index (χ3v) is 1.93. The summed E-state index contributed by atoms with van der Waals surface area (Å²) in [5.41, 5.74) is 0. The van der Waals surface area contributed by atoms with Crippen molar-refractivity contribution in [3.63, 3.8) is 0 Å². The van der Waals surface area contributed by atoms with Gasteiger partial charge in [0, 0.05) is 18.7 Å². The molecule has 6 nitrogen and oxygen atoms in total. The van der Waals surface area contributed by atoms with Crippen molar-refractivity contribution in [1.29, 1.82) is 0 Å². The number of carbonyl (C=O) groups excluding carboxylic acids is 1. The van der Waals surface area contributed by atoms with Crippen LogP contribution < -0.4 is 10.1 Å². The number of aromatic nitrogens is 1.